The van der Waals surface area contributed by atoms with Crippen LogP contribution in [-0.2, 0) is 7.05 Å². The summed E-state index contributed by atoms with van der Waals surface area (Å²) in [6.45, 7) is 5.69. The van der Waals surface area contributed by atoms with Crippen molar-refractivity contribution in [3.05, 3.63) is 18.0 Å². The molecule has 1 aliphatic rings. The van der Waals surface area contributed by atoms with Crippen molar-refractivity contribution < 1.29 is 0 Å². The molecule has 96 valence electrons. The first-order valence-electron chi connectivity index (χ1n) is 6.63. The number of nitrogens with zero attached hydrogens (tertiary/aromatic N) is 3. The first-order valence-corrected chi connectivity index (χ1v) is 6.63. The summed E-state index contributed by atoms with van der Waals surface area (Å²) < 4.78 is 1.91. The van der Waals surface area contributed by atoms with Crippen LogP contribution in [0, 0.1) is 5.92 Å². The van der Waals surface area contributed by atoms with Crippen molar-refractivity contribution in [2.75, 3.05) is 26.7 Å². The Morgan fingerprint density at radius 3 is 2.94 bits per heavy atom. The number of hydrogen-bond acceptors (Lipinski definition) is 3. The molecule has 0 amide bonds. The molecule has 0 aliphatic carbocycles. The summed E-state index contributed by atoms with van der Waals surface area (Å²) in [7, 11) is 4.04. The SMILES string of the molecule is CCN1CCC[C@H](CNC)[C@H]1c1cnn(C)c1. The second-order valence-electron chi connectivity index (χ2n) is 4.98. The molecule has 0 bridgehead atoms. The number of hydrogen-bond donors (Lipinski definition) is 1. The van der Waals surface area contributed by atoms with Gasteiger partial charge in [0.2, 0.25) is 0 Å². The van der Waals surface area contributed by atoms with E-state index in [4.69, 9.17) is 0 Å². The highest BCUT2D eigenvalue weighted by molar-refractivity contribution is 5.13. The van der Waals surface area contributed by atoms with E-state index >= 15 is 0 Å². The van der Waals surface area contributed by atoms with E-state index in [-0.39, 0.29) is 0 Å². The Hall–Kier alpha value is -0.870. The largest absolute Gasteiger partial charge is 0.319 e. The Morgan fingerprint density at radius 1 is 1.53 bits per heavy atom. The van der Waals surface area contributed by atoms with Crippen LogP contribution in [0.3, 0.4) is 0 Å². The van der Waals surface area contributed by atoms with Gasteiger partial charge in [-0.1, -0.05) is 6.92 Å². The van der Waals surface area contributed by atoms with Crippen molar-refractivity contribution in [2.24, 2.45) is 13.0 Å². The van der Waals surface area contributed by atoms with Gasteiger partial charge in [0.25, 0.3) is 0 Å². The van der Waals surface area contributed by atoms with Crippen LogP contribution >= 0.6 is 0 Å². The fraction of sp³-hybridized carbons (Fsp3) is 0.769. The molecule has 0 unspecified atom stereocenters. The number of piperidine rings is 1. The summed E-state index contributed by atoms with van der Waals surface area (Å²) in [5.74, 6) is 0.706. The van der Waals surface area contributed by atoms with Crippen molar-refractivity contribution in [2.45, 2.75) is 25.8 Å². The van der Waals surface area contributed by atoms with Crippen LogP contribution in [0.2, 0.25) is 0 Å². The molecular formula is C13H24N4. The number of aromatic nitrogens is 2. The van der Waals surface area contributed by atoms with Crippen LogP contribution in [-0.4, -0.2) is 41.4 Å². The van der Waals surface area contributed by atoms with Gasteiger partial charge in [-0.25, -0.2) is 0 Å². The summed E-state index contributed by atoms with van der Waals surface area (Å²) in [6, 6.07) is 0.537. The van der Waals surface area contributed by atoms with E-state index in [0.29, 0.717) is 12.0 Å². The third kappa shape index (κ3) is 2.69. The minimum Gasteiger partial charge on any atom is -0.319 e. The van der Waals surface area contributed by atoms with Gasteiger partial charge in [0, 0.05) is 24.8 Å². The van der Waals surface area contributed by atoms with Crippen LogP contribution < -0.4 is 5.32 Å². The maximum Gasteiger partial charge on any atom is 0.0537 e. The van der Waals surface area contributed by atoms with Gasteiger partial charge in [-0.15, -0.1) is 0 Å². The predicted octanol–water partition coefficient (Wildman–Crippen LogP) is 1.41. The number of rotatable bonds is 4. The zero-order valence-corrected chi connectivity index (χ0v) is 11.2. The van der Waals surface area contributed by atoms with Gasteiger partial charge in [0.1, 0.15) is 0 Å². The summed E-state index contributed by atoms with van der Waals surface area (Å²) in [5, 5.41) is 7.66. The van der Waals surface area contributed by atoms with Crippen molar-refractivity contribution >= 4 is 0 Å². The second-order valence-corrected chi connectivity index (χ2v) is 4.98. The van der Waals surface area contributed by atoms with Crippen molar-refractivity contribution in [3.8, 4) is 0 Å². The van der Waals surface area contributed by atoms with E-state index in [1.165, 1.54) is 24.9 Å². The number of nitrogens with one attached hydrogen (secondary N) is 1. The van der Waals surface area contributed by atoms with Gasteiger partial charge in [-0.05, 0) is 45.4 Å². The molecule has 4 heteroatoms. The van der Waals surface area contributed by atoms with Crippen molar-refractivity contribution in [1.82, 2.24) is 20.0 Å². The monoisotopic (exact) mass is 236 g/mol. The molecule has 2 atom stereocenters. The molecule has 4 nitrogen and oxygen atoms in total. The minimum atomic E-state index is 0.537. The van der Waals surface area contributed by atoms with E-state index in [2.05, 4.69) is 28.4 Å². The first-order chi connectivity index (χ1) is 8.26. The molecule has 2 rings (SSSR count). The average molecular weight is 236 g/mol. The van der Waals surface area contributed by atoms with E-state index in [9.17, 15) is 0 Å². The van der Waals surface area contributed by atoms with Crippen molar-refractivity contribution in [1.29, 1.82) is 0 Å². The zero-order valence-electron chi connectivity index (χ0n) is 11.2. The molecule has 0 aromatic carbocycles. The Balaban J connectivity index is 2.21. The number of likely N-dealkylation sites (tertiary alicyclic amines) is 1. The van der Waals surface area contributed by atoms with Gasteiger partial charge in [0.05, 0.1) is 6.20 Å². The molecule has 0 spiro atoms. The zero-order chi connectivity index (χ0) is 12.3. The molecule has 1 N–H and O–H groups in total. The molecule has 2 heterocycles. The molecule has 17 heavy (non-hydrogen) atoms. The van der Waals surface area contributed by atoms with E-state index < -0.39 is 0 Å². The third-order valence-corrected chi connectivity index (χ3v) is 3.80. The van der Waals surface area contributed by atoms with Gasteiger partial charge < -0.3 is 5.32 Å². The third-order valence-electron chi connectivity index (χ3n) is 3.80. The maximum atomic E-state index is 4.32. The van der Waals surface area contributed by atoms with E-state index in [1.807, 2.05) is 25.0 Å². The summed E-state index contributed by atoms with van der Waals surface area (Å²) in [5.41, 5.74) is 1.37. The predicted molar refractivity (Wildman–Crippen MR) is 69.8 cm³/mol. The summed E-state index contributed by atoms with van der Waals surface area (Å²) in [4.78, 5) is 2.59. The van der Waals surface area contributed by atoms with Gasteiger partial charge in [-0.2, -0.15) is 5.10 Å². The summed E-state index contributed by atoms with van der Waals surface area (Å²) >= 11 is 0. The Bertz CT molecular complexity index is 345. The molecule has 0 radical (unpaired) electrons. The molecule has 1 saturated heterocycles. The normalized spacial score (nSPS) is 26.3. The van der Waals surface area contributed by atoms with Crippen LogP contribution in [0.1, 0.15) is 31.4 Å². The lowest BCUT2D eigenvalue weighted by Gasteiger charge is -2.40. The minimum absolute atomic E-state index is 0.537. The van der Waals surface area contributed by atoms with Gasteiger partial charge >= 0.3 is 0 Å². The smallest absolute Gasteiger partial charge is 0.0537 e. The highest BCUT2D eigenvalue weighted by Crippen LogP contribution is 2.35. The lowest BCUT2D eigenvalue weighted by atomic mass is 9.85. The molecule has 1 aliphatic heterocycles. The number of aryl methyl sites for hydroxylation is 1. The Morgan fingerprint density at radius 2 is 2.35 bits per heavy atom. The van der Waals surface area contributed by atoms with Gasteiger partial charge in [0.15, 0.2) is 0 Å². The van der Waals surface area contributed by atoms with Gasteiger partial charge in [-0.3, -0.25) is 9.58 Å². The topological polar surface area (TPSA) is 33.1 Å². The summed E-state index contributed by atoms with van der Waals surface area (Å²) in [6.07, 6.45) is 6.83. The Kier molecular flexibility index (Phi) is 4.18. The second kappa shape index (κ2) is 5.65. The van der Waals surface area contributed by atoms with Crippen LogP contribution in [0.5, 0.6) is 0 Å². The van der Waals surface area contributed by atoms with E-state index in [1.54, 1.807) is 0 Å². The van der Waals surface area contributed by atoms with Crippen LogP contribution in [0.15, 0.2) is 12.4 Å². The van der Waals surface area contributed by atoms with Crippen molar-refractivity contribution in [3.63, 3.8) is 0 Å². The fourth-order valence-corrected chi connectivity index (χ4v) is 3.06. The van der Waals surface area contributed by atoms with E-state index in [0.717, 1.165) is 13.1 Å². The highest BCUT2D eigenvalue weighted by Gasteiger charge is 2.31. The standard InChI is InChI=1S/C13H24N4/c1-4-17-7-5-6-11(8-14-2)13(17)12-9-15-16(3)10-12/h9-11,13-14H,4-8H2,1-3H3/t11-,13+/m1/s1. The maximum absolute atomic E-state index is 4.32. The lowest BCUT2D eigenvalue weighted by Crippen LogP contribution is -2.41. The Labute approximate surface area is 104 Å². The molecule has 1 aromatic rings. The molecule has 0 saturated carbocycles. The highest BCUT2D eigenvalue weighted by atomic mass is 15.3. The lowest BCUT2D eigenvalue weighted by molar-refractivity contribution is 0.0981. The molecule has 1 aromatic heterocycles. The molecule has 1 fully saturated rings. The van der Waals surface area contributed by atoms with Crippen LogP contribution in [0.4, 0.5) is 0 Å². The fourth-order valence-electron chi connectivity index (χ4n) is 3.06. The first kappa shape index (κ1) is 12.6. The average Bonchev–Trinajstić information content (AvgIpc) is 2.75. The molecular weight excluding hydrogens is 212 g/mol. The van der Waals surface area contributed by atoms with Crippen LogP contribution in [0.25, 0.3) is 0 Å². The quantitative estimate of drug-likeness (QED) is 0.858.